The van der Waals surface area contributed by atoms with Crippen molar-refractivity contribution in [1.29, 1.82) is 0 Å². The number of nitrogens with two attached hydrogens (primary N) is 1. The number of unbranched alkanes of at least 4 members (excludes halogenated alkanes) is 1. The molecule has 1 unspecified atom stereocenters. The summed E-state index contributed by atoms with van der Waals surface area (Å²) in [5, 5.41) is 0. The fraction of sp³-hybridized carbons (Fsp3) is 0.600. The predicted octanol–water partition coefficient (Wildman–Crippen LogP) is 2.91. The lowest BCUT2D eigenvalue weighted by atomic mass is 10.0. The van der Waals surface area contributed by atoms with E-state index in [4.69, 9.17) is 10.5 Å². The maximum Gasteiger partial charge on any atom is 0.356 e. The van der Waals surface area contributed by atoms with Crippen LogP contribution in [0.5, 0.6) is 0 Å². The second kappa shape index (κ2) is 8.64. The summed E-state index contributed by atoms with van der Waals surface area (Å²) in [5.74, 6) is 0.103. The molecular weight excluding hydrogens is 240 g/mol. The van der Waals surface area contributed by atoms with Gasteiger partial charge in [-0.2, -0.15) is 0 Å². The van der Waals surface area contributed by atoms with E-state index in [1.807, 2.05) is 0 Å². The van der Waals surface area contributed by atoms with Gasteiger partial charge in [-0.15, -0.1) is 0 Å². The summed E-state index contributed by atoms with van der Waals surface area (Å²) in [7, 11) is 0. The van der Waals surface area contributed by atoms with Gasteiger partial charge in [0.1, 0.15) is 5.69 Å². The molecule has 19 heavy (non-hydrogen) atoms. The van der Waals surface area contributed by atoms with Crippen LogP contribution in [-0.4, -0.2) is 17.6 Å². The summed E-state index contributed by atoms with van der Waals surface area (Å²) in [5.41, 5.74) is 6.74. The first-order valence-electron chi connectivity index (χ1n) is 7.03. The standard InChI is InChI=1S/C15H24N2O2/c1-3-5-6-12(4-2)11-19-15(18)14-8-7-13(9-16)10-17-14/h7-8,10,12H,3-6,9,11,16H2,1-2H3. The van der Waals surface area contributed by atoms with E-state index in [1.54, 1.807) is 18.3 Å². The fourth-order valence-corrected chi connectivity index (χ4v) is 1.83. The van der Waals surface area contributed by atoms with Crippen LogP contribution in [0, 0.1) is 5.92 Å². The number of aromatic nitrogens is 1. The number of hydrogen-bond donors (Lipinski definition) is 1. The second-order valence-corrected chi connectivity index (χ2v) is 4.77. The molecule has 0 radical (unpaired) electrons. The van der Waals surface area contributed by atoms with Crippen LogP contribution in [0.4, 0.5) is 0 Å². The number of hydrogen-bond acceptors (Lipinski definition) is 4. The third-order valence-corrected chi connectivity index (χ3v) is 3.26. The van der Waals surface area contributed by atoms with Gasteiger partial charge in [0.25, 0.3) is 0 Å². The van der Waals surface area contributed by atoms with Crippen LogP contribution in [-0.2, 0) is 11.3 Å². The molecule has 1 aromatic heterocycles. The lowest BCUT2D eigenvalue weighted by molar-refractivity contribution is 0.0421. The molecule has 0 aliphatic carbocycles. The van der Waals surface area contributed by atoms with E-state index < -0.39 is 0 Å². The Morgan fingerprint density at radius 2 is 2.21 bits per heavy atom. The monoisotopic (exact) mass is 264 g/mol. The van der Waals surface area contributed by atoms with Crippen molar-refractivity contribution in [3.8, 4) is 0 Å². The molecule has 0 fully saturated rings. The Morgan fingerprint density at radius 3 is 2.74 bits per heavy atom. The van der Waals surface area contributed by atoms with Crippen molar-refractivity contribution in [3.63, 3.8) is 0 Å². The van der Waals surface area contributed by atoms with Gasteiger partial charge in [-0.3, -0.25) is 0 Å². The van der Waals surface area contributed by atoms with E-state index in [2.05, 4.69) is 18.8 Å². The van der Waals surface area contributed by atoms with Crippen molar-refractivity contribution in [2.45, 2.75) is 46.1 Å². The van der Waals surface area contributed by atoms with Gasteiger partial charge in [-0.1, -0.05) is 39.2 Å². The predicted molar refractivity (Wildman–Crippen MR) is 75.7 cm³/mol. The first kappa shape index (κ1) is 15.6. The average Bonchev–Trinajstić information content (AvgIpc) is 2.47. The lowest BCUT2D eigenvalue weighted by Gasteiger charge is -2.14. The number of ether oxygens (including phenoxy) is 1. The van der Waals surface area contributed by atoms with Crippen molar-refractivity contribution >= 4 is 5.97 Å². The van der Waals surface area contributed by atoms with Crippen molar-refractivity contribution in [1.82, 2.24) is 4.98 Å². The Bertz CT molecular complexity index is 376. The zero-order chi connectivity index (χ0) is 14.1. The first-order valence-corrected chi connectivity index (χ1v) is 7.03. The summed E-state index contributed by atoms with van der Waals surface area (Å²) in [4.78, 5) is 15.9. The van der Waals surface area contributed by atoms with Crippen LogP contribution in [0.2, 0.25) is 0 Å². The summed E-state index contributed by atoms with van der Waals surface area (Å²) in [6.45, 7) is 5.21. The third-order valence-electron chi connectivity index (χ3n) is 3.26. The molecular formula is C15H24N2O2. The van der Waals surface area contributed by atoms with E-state index in [9.17, 15) is 4.79 Å². The van der Waals surface area contributed by atoms with E-state index in [1.165, 1.54) is 12.8 Å². The molecule has 0 aliphatic rings. The summed E-state index contributed by atoms with van der Waals surface area (Å²) >= 11 is 0. The van der Waals surface area contributed by atoms with Gasteiger partial charge in [0.15, 0.2) is 0 Å². The Hall–Kier alpha value is -1.42. The Morgan fingerprint density at radius 1 is 1.42 bits per heavy atom. The first-order chi connectivity index (χ1) is 9.21. The topological polar surface area (TPSA) is 65.2 Å². The average molecular weight is 264 g/mol. The highest BCUT2D eigenvalue weighted by Gasteiger charge is 2.12. The molecule has 0 saturated heterocycles. The molecule has 1 atom stereocenters. The van der Waals surface area contributed by atoms with E-state index in [0.29, 0.717) is 24.8 Å². The van der Waals surface area contributed by atoms with Crippen molar-refractivity contribution in [2.75, 3.05) is 6.61 Å². The highest BCUT2D eigenvalue weighted by molar-refractivity contribution is 5.87. The minimum atomic E-state index is -0.349. The van der Waals surface area contributed by atoms with E-state index >= 15 is 0 Å². The molecule has 0 bridgehead atoms. The van der Waals surface area contributed by atoms with Gasteiger partial charge in [0.05, 0.1) is 6.61 Å². The quantitative estimate of drug-likeness (QED) is 0.733. The van der Waals surface area contributed by atoms with Crippen LogP contribution in [0.3, 0.4) is 0 Å². The molecule has 0 aliphatic heterocycles. The number of nitrogens with zero attached hydrogens (tertiary/aromatic N) is 1. The third kappa shape index (κ3) is 5.39. The Kier molecular flexibility index (Phi) is 7.11. The number of rotatable bonds is 8. The molecule has 0 spiro atoms. The Labute approximate surface area is 115 Å². The van der Waals surface area contributed by atoms with E-state index in [0.717, 1.165) is 18.4 Å². The van der Waals surface area contributed by atoms with Gasteiger partial charge in [0.2, 0.25) is 0 Å². The van der Waals surface area contributed by atoms with Crippen molar-refractivity contribution < 1.29 is 9.53 Å². The second-order valence-electron chi connectivity index (χ2n) is 4.77. The highest BCUT2D eigenvalue weighted by Crippen LogP contribution is 2.13. The molecule has 0 aromatic carbocycles. The zero-order valence-electron chi connectivity index (χ0n) is 11.9. The highest BCUT2D eigenvalue weighted by atomic mass is 16.5. The van der Waals surface area contributed by atoms with Crippen LogP contribution in [0.1, 0.15) is 55.6 Å². The summed E-state index contributed by atoms with van der Waals surface area (Å²) in [6.07, 6.45) is 6.11. The maximum absolute atomic E-state index is 11.8. The van der Waals surface area contributed by atoms with Crippen LogP contribution in [0.25, 0.3) is 0 Å². The minimum absolute atomic E-state index is 0.349. The summed E-state index contributed by atoms with van der Waals surface area (Å²) < 4.78 is 5.32. The molecule has 0 saturated carbocycles. The minimum Gasteiger partial charge on any atom is -0.461 e. The maximum atomic E-state index is 11.8. The number of carbonyl (C=O) groups excluding carboxylic acids is 1. The zero-order valence-corrected chi connectivity index (χ0v) is 11.9. The molecule has 1 rings (SSSR count). The van der Waals surface area contributed by atoms with Crippen LogP contribution < -0.4 is 5.73 Å². The van der Waals surface area contributed by atoms with Gasteiger partial charge in [-0.25, -0.2) is 9.78 Å². The van der Waals surface area contributed by atoms with Crippen LogP contribution >= 0.6 is 0 Å². The number of carbonyl (C=O) groups is 1. The van der Waals surface area contributed by atoms with Gasteiger partial charge in [0, 0.05) is 12.7 Å². The van der Waals surface area contributed by atoms with Gasteiger partial charge >= 0.3 is 5.97 Å². The van der Waals surface area contributed by atoms with Crippen molar-refractivity contribution in [3.05, 3.63) is 29.6 Å². The molecule has 4 nitrogen and oxygen atoms in total. The fourth-order valence-electron chi connectivity index (χ4n) is 1.83. The molecule has 4 heteroatoms. The van der Waals surface area contributed by atoms with Gasteiger partial charge in [-0.05, 0) is 24.0 Å². The molecule has 1 aromatic rings. The number of esters is 1. The van der Waals surface area contributed by atoms with E-state index in [-0.39, 0.29) is 5.97 Å². The number of pyridine rings is 1. The Balaban J connectivity index is 2.44. The smallest absolute Gasteiger partial charge is 0.356 e. The SMILES string of the molecule is CCCCC(CC)COC(=O)c1ccc(CN)cn1. The van der Waals surface area contributed by atoms with Gasteiger partial charge < -0.3 is 10.5 Å². The molecule has 2 N–H and O–H groups in total. The van der Waals surface area contributed by atoms with Crippen LogP contribution in [0.15, 0.2) is 18.3 Å². The normalized spacial score (nSPS) is 12.2. The molecule has 1 heterocycles. The van der Waals surface area contributed by atoms with Crippen molar-refractivity contribution in [2.24, 2.45) is 11.7 Å². The molecule has 0 amide bonds. The largest absolute Gasteiger partial charge is 0.461 e. The molecule has 106 valence electrons. The summed E-state index contributed by atoms with van der Waals surface area (Å²) in [6, 6.07) is 3.47. The lowest BCUT2D eigenvalue weighted by Crippen LogP contribution is -2.15.